The molecule has 1 aromatic heterocycles. The van der Waals surface area contributed by atoms with E-state index in [4.69, 9.17) is 0 Å². The maximum Gasteiger partial charge on any atom is 0.258 e. The third-order valence-corrected chi connectivity index (χ3v) is 7.18. The fourth-order valence-electron chi connectivity index (χ4n) is 3.58. The zero-order chi connectivity index (χ0) is 20.6. The van der Waals surface area contributed by atoms with Gasteiger partial charge in [0.05, 0.1) is 21.8 Å². The Bertz CT molecular complexity index is 1200. The fraction of sp³-hybridized carbons (Fsp3) is 0.300. The second kappa shape index (κ2) is 7.66. The molecule has 1 saturated heterocycles. The summed E-state index contributed by atoms with van der Waals surface area (Å²) in [5, 5.41) is 0.537. The number of sulfonamides is 1. The SMILES string of the molecule is CC(c1nc2ccccc2c(=O)[nH]1)N1CCN(S(=O)(=O)c2cccc(F)c2)CC1. The standard InChI is InChI=1S/C20H21FN4O3S/c1-14(19-22-18-8-3-2-7-17(18)20(26)23-19)24-9-11-25(12-10-24)29(27,28)16-6-4-5-15(21)13-16/h2-8,13-14H,9-12H2,1H3,(H,22,23,26). The number of hydrogen-bond donors (Lipinski definition) is 1. The molecule has 2 heterocycles. The smallest absolute Gasteiger partial charge is 0.258 e. The first-order valence-electron chi connectivity index (χ1n) is 9.35. The molecular formula is C20H21FN4O3S. The van der Waals surface area contributed by atoms with Crippen LogP contribution in [-0.4, -0.2) is 53.8 Å². The average Bonchev–Trinajstić information content (AvgIpc) is 2.73. The molecule has 0 spiro atoms. The number of aromatic nitrogens is 2. The molecule has 7 nitrogen and oxygen atoms in total. The number of H-pyrrole nitrogens is 1. The molecule has 4 rings (SSSR count). The Balaban J connectivity index is 1.50. The molecule has 0 saturated carbocycles. The van der Waals surface area contributed by atoms with Gasteiger partial charge in [-0.2, -0.15) is 4.31 Å². The summed E-state index contributed by atoms with van der Waals surface area (Å²) >= 11 is 0. The van der Waals surface area contributed by atoms with Gasteiger partial charge in [-0.05, 0) is 37.3 Å². The Morgan fingerprint density at radius 1 is 1.07 bits per heavy atom. The Hall–Kier alpha value is -2.62. The number of para-hydroxylation sites is 1. The van der Waals surface area contributed by atoms with Crippen LogP contribution in [0.4, 0.5) is 4.39 Å². The van der Waals surface area contributed by atoms with E-state index in [1.54, 1.807) is 18.2 Å². The number of aromatic amines is 1. The van der Waals surface area contributed by atoms with Gasteiger partial charge in [-0.25, -0.2) is 17.8 Å². The zero-order valence-corrected chi connectivity index (χ0v) is 16.7. The third-order valence-electron chi connectivity index (χ3n) is 5.28. The third kappa shape index (κ3) is 3.81. The number of nitrogens with zero attached hydrogens (tertiary/aromatic N) is 3. The first-order chi connectivity index (χ1) is 13.9. The lowest BCUT2D eigenvalue weighted by atomic mass is 10.2. The molecule has 1 N–H and O–H groups in total. The van der Waals surface area contributed by atoms with Crippen molar-refractivity contribution < 1.29 is 12.8 Å². The number of nitrogens with one attached hydrogen (secondary N) is 1. The minimum absolute atomic E-state index is 0.0421. The van der Waals surface area contributed by atoms with E-state index in [2.05, 4.69) is 14.9 Å². The van der Waals surface area contributed by atoms with Crippen LogP contribution in [0.15, 0.2) is 58.2 Å². The van der Waals surface area contributed by atoms with E-state index in [9.17, 15) is 17.6 Å². The second-order valence-electron chi connectivity index (χ2n) is 7.04. The van der Waals surface area contributed by atoms with E-state index in [1.807, 2.05) is 13.0 Å². The van der Waals surface area contributed by atoms with Crippen molar-refractivity contribution in [3.8, 4) is 0 Å². The van der Waals surface area contributed by atoms with Gasteiger partial charge in [0.2, 0.25) is 10.0 Å². The Morgan fingerprint density at radius 2 is 1.79 bits per heavy atom. The molecule has 29 heavy (non-hydrogen) atoms. The number of halogens is 1. The van der Waals surface area contributed by atoms with Crippen molar-refractivity contribution in [1.29, 1.82) is 0 Å². The van der Waals surface area contributed by atoms with Crippen molar-refractivity contribution >= 4 is 20.9 Å². The lowest BCUT2D eigenvalue weighted by Gasteiger charge is -2.36. The van der Waals surface area contributed by atoms with Crippen LogP contribution in [0.2, 0.25) is 0 Å². The van der Waals surface area contributed by atoms with Crippen LogP contribution in [0.1, 0.15) is 18.8 Å². The highest BCUT2D eigenvalue weighted by Gasteiger charge is 2.31. The summed E-state index contributed by atoms with van der Waals surface area (Å²) in [7, 11) is -3.74. The summed E-state index contributed by atoms with van der Waals surface area (Å²) in [6.45, 7) is 3.45. The van der Waals surface area contributed by atoms with Crippen molar-refractivity contribution in [2.75, 3.05) is 26.2 Å². The van der Waals surface area contributed by atoms with Crippen molar-refractivity contribution in [1.82, 2.24) is 19.2 Å². The first-order valence-corrected chi connectivity index (χ1v) is 10.8. The second-order valence-corrected chi connectivity index (χ2v) is 8.98. The van der Waals surface area contributed by atoms with Gasteiger partial charge in [-0.3, -0.25) is 9.69 Å². The predicted molar refractivity (Wildman–Crippen MR) is 108 cm³/mol. The number of piperazine rings is 1. The molecule has 3 aromatic rings. The molecule has 1 fully saturated rings. The van der Waals surface area contributed by atoms with Crippen LogP contribution in [0.3, 0.4) is 0 Å². The van der Waals surface area contributed by atoms with Crippen LogP contribution in [0.25, 0.3) is 10.9 Å². The summed E-state index contributed by atoms with van der Waals surface area (Å²) < 4.78 is 40.3. The van der Waals surface area contributed by atoms with Gasteiger partial charge in [0.25, 0.3) is 5.56 Å². The van der Waals surface area contributed by atoms with E-state index >= 15 is 0 Å². The van der Waals surface area contributed by atoms with E-state index in [1.165, 1.54) is 22.5 Å². The predicted octanol–water partition coefficient (Wildman–Crippen LogP) is 2.13. The molecule has 0 aliphatic carbocycles. The lowest BCUT2D eigenvalue weighted by molar-refractivity contribution is 0.141. The molecule has 0 amide bonds. The van der Waals surface area contributed by atoms with E-state index in [0.29, 0.717) is 29.8 Å². The van der Waals surface area contributed by atoms with Gasteiger partial charge in [0, 0.05) is 26.2 Å². The van der Waals surface area contributed by atoms with Gasteiger partial charge in [0.1, 0.15) is 11.6 Å². The average molecular weight is 416 g/mol. The highest BCUT2D eigenvalue weighted by molar-refractivity contribution is 7.89. The Labute approximate surface area is 167 Å². The normalized spacial score (nSPS) is 17.4. The molecular weight excluding hydrogens is 395 g/mol. The number of benzene rings is 2. The van der Waals surface area contributed by atoms with Crippen LogP contribution in [0.5, 0.6) is 0 Å². The van der Waals surface area contributed by atoms with E-state index < -0.39 is 15.8 Å². The van der Waals surface area contributed by atoms with Crippen LogP contribution in [-0.2, 0) is 10.0 Å². The maximum atomic E-state index is 13.4. The highest BCUT2D eigenvalue weighted by atomic mass is 32.2. The molecule has 152 valence electrons. The minimum atomic E-state index is -3.74. The Morgan fingerprint density at radius 3 is 2.52 bits per heavy atom. The van der Waals surface area contributed by atoms with Crippen LogP contribution in [0, 0.1) is 5.82 Å². The van der Waals surface area contributed by atoms with Gasteiger partial charge < -0.3 is 4.98 Å². The summed E-state index contributed by atoms with van der Waals surface area (Å²) in [6.07, 6.45) is 0. The van der Waals surface area contributed by atoms with Gasteiger partial charge >= 0.3 is 0 Å². The van der Waals surface area contributed by atoms with Crippen molar-refractivity contribution in [3.63, 3.8) is 0 Å². The topological polar surface area (TPSA) is 86.4 Å². The lowest BCUT2D eigenvalue weighted by Crippen LogP contribution is -2.49. The maximum absolute atomic E-state index is 13.4. The van der Waals surface area contributed by atoms with Crippen LogP contribution >= 0.6 is 0 Å². The minimum Gasteiger partial charge on any atom is -0.309 e. The molecule has 1 aliphatic rings. The summed E-state index contributed by atoms with van der Waals surface area (Å²) in [4.78, 5) is 21.8. The fourth-order valence-corrected chi connectivity index (χ4v) is 5.04. The van der Waals surface area contributed by atoms with Crippen molar-refractivity contribution in [2.24, 2.45) is 0 Å². The van der Waals surface area contributed by atoms with E-state index in [0.717, 1.165) is 6.07 Å². The highest BCUT2D eigenvalue weighted by Crippen LogP contribution is 2.23. The quantitative estimate of drug-likeness (QED) is 0.704. The molecule has 1 atom stereocenters. The molecule has 2 aromatic carbocycles. The zero-order valence-electron chi connectivity index (χ0n) is 15.9. The van der Waals surface area contributed by atoms with Gasteiger partial charge in [-0.1, -0.05) is 18.2 Å². The van der Waals surface area contributed by atoms with Gasteiger partial charge in [-0.15, -0.1) is 0 Å². The largest absolute Gasteiger partial charge is 0.309 e. The van der Waals surface area contributed by atoms with Crippen molar-refractivity contribution in [2.45, 2.75) is 17.9 Å². The number of hydrogen-bond acceptors (Lipinski definition) is 5. The molecule has 1 unspecified atom stereocenters. The molecule has 1 aliphatic heterocycles. The van der Waals surface area contributed by atoms with Crippen molar-refractivity contribution in [3.05, 3.63) is 70.5 Å². The number of rotatable bonds is 4. The van der Waals surface area contributed by atoms with Crippen LogP contribution < -0.4 is 5.56 Å². The number of fused-ring (bicyclic) bond motifs is 1. The van der Waals surface area contributed by atoms with Gasteiger partial charge in [0.15, 0.2) is 0 Å². The molecule has 9 heteroatoms. The first kappa shape index (κ1) is 19.7. The molecule has 0 bridgehead atoms. The monoisotopic (exact) mass is 416 g/mol. The summed E-state index contributed by atoms with van der Waals surface area (Å²) in [6, 6.07) is 12.0. The summed E-state index contributed by atoms with van der Waals surface area (Å²) in [5.41, 5.74) is 0.440. The summed E-state index contributed by atoms with van der Waals surface area (Å²) in [5.74, 6) is -0.0280. The molecule has 0 radical (unpaired) electrons. The van der Waals surface area contributed by atoms with E-state index in [-0.39, 0.29) is 29.6 Å². The Kier molecular flexibility index (Phi) is 5.20.